The first-order chi connectivity index (χ1) is 10.3. The third kappa shape index (κ3) is 2.81. The predicted octanol–water partition coefficient (Wildman–Crippen LogP) is 3.98. The molecule has 3 heteroatoms. The van der Waals surface area contributed by atoms with Crippen molar-refractivity contribution < 1.29 is 9.84 Å². The summed E-state index contributed by atoms with van der Waals surface area (Å²) in [5, 5.41) is 10.8. The van der Waals surface area contributed by atoms with Crippen LogP contribution in [0.3, 0.4) is 0 Å². The maximum atomic E-state index is 10.6. The Morgan fingerprint density at radius 1 is 1.05 bits per heavy atom. The van der Waals surface area contributed by atoms with E-state index in [0.717, 1.165) is 17.7 Å². The highest BCUT2D eigenvalue weighted by molar-refractivity contribution is 8.00. The molecule has 2 aliphatic rings. The molecule has 2 unspecified atom stereocenters. The zero-order chi connectivity index (χ0) is 14.2. The molecule has 2 atom stereocenters. The molecule has 1 aliphatic carbocycles. The SMILES string of the molecule is OC(c1ccc(OC2CC2)cc1)C1Cc2ccccc2S1. The standard InChI is InChI=1S/C18H18O2S/c19-18(17-11-13-3-1-2-4-16(13)21-17)12-5-7-14(8-6-12)20-15-9-10-15/h1-8,15,17-19H,9-11H2. The van der Waals surface area contributed by atoms with E-state index in [4.69, 9.17) is 4.74 Å². The average molecular weight is 298 g/mol. The lowest BCUT2D eigenvalue weighted by molar-refractivity contribution is 0.175. The molecule has 21 heavy (non-hydrogen) atoms. The van der Waals surface area contributed by atoms with Gasteiger partial charge < -0.3 is 9.84 Å². The molecule has 108 valence electrons. The highest BCUT2D eigenvalue weighted by atomic mass is 32.2. The van der Waals surface area contributed by atoms with Crippen LogP contribution in [0.4, 0.5) is 0 Å². The summed E-state index contributed by atoms with van der Waals surface area (Å²) in [4.78, 5) is 1.30. The van der Waals surface area contributed by atoms with Crippen LogP contribution in [-0.4, -0.2) is 16.5 Å². The molecular formula is C18H18O2S. The van der Waals surface area contributed by atoms with Crippen LogP contribution in [0.25, 0.3) is 0 Å². The van der Waals surface area contributed by atoms with Crippen molar-refractivity contribution in [2.45, 2.75) is 41.6 Å². The number of ether oxygens (including phenoxy) is 1. The number of aliphatic hydroxyl groups excluding tert-OH is 1. The maximum Gasteiger partial charge on any atom is 0.119 e. The van der Waals surface area contributed by atoms with Gasteiger partial charge in [-0.1, -0.05) is 30.3 Å². The zero-order valence-electron chi connectivity index (χ0n) is 11.7. The fourth-order valence-corrected chi connectivity index (χ4v) is 4.06. The van der Waals surface area contributed by atoms with E-state index in [1.165, 1.54) is 23.3 Å². The third-order valence-corrected chi connectivity index (χ3v) is 5.45. The van der Waals surface area contributed by atoms with Gasteiger partial charge in [0.1, 0.15) is 5.75 Å². The molecular weight excluding hydrogens is 280 g/mol. The summed E-state index contributed by atoms with van der Waals surface area (Å²) in [6.45, 7) is 0. The number of hydrogen-bond acceptors (Lipinski definition) is 3. The first-order valence-electron chi connectivity index (χ1n) is 7.49. The van der Waals surface area contributed by atoms with Gasteiger partial charge >= 0.3 is 0 Å². The summed E-state index contributed by atoms with van der Waals surface area (Å²) in [7, 11) is 0. The maximum absolute atomic E-state index is 10.6. The lowest BCUT2D eigenvalue weighted by Gasteiger charge is -2.17. The molecule has 0 aromatic heterocycles. The Balaban J connectivity index is 1.46. The Kier molecular flexibility index (Phi) is 3.40. The second-order valence-corrected chi connectivity index (χ2v) is 7.08. The van der Waals surface area contributed by atoms with Crippen molar-refractivity contribution in [3.63, 3.8) is 0 Å². The Bertz CT molecular complexity index is 609. The number of fused-ring (bicyclic) bond motifs is 1. The molecule has 2 aromatic carbocycles. The topological polar surface area (TPSA) is 29.5 Å². The van der Waals surface area contributed by atoms with Crippen molar-refractivity contribution in [1.29, 1.82) is 0 Å². The van der Waals surface area contributed by atoms with Gasteiger partial charge in [0.15, 0.2) is 0 Å². The summed E-state index contributed by atoms with van der Waals surface area (Å²) < 4.78 is 5.75. The summed E-state index contributed by atoms with van der Waals surface area (Å²) in [6.07, 6.45) is 3.25. The van der Waals surface area contributed by atoms with Gasteiger partial charge in [0.25, 0.3) is 0 Å². The summed E-state index contributed by atoms with van der Waals surface area (Å²) in [5.74, 6) is 0.913. The Hall–Kier alpha value is -1.45. The lowest BCUT2D eigenvalue weighted by atomic mass is 10.0. The third-order valence-electron chi connectivity index (χ3n) is 4.07. The van der Waals surface area contributed by atoms with Crippen LogP contribution < -0.4 is 4.74 Å². The van der Waals surface area contributed by atoms with Crippen LogP contribution >= 0.6 is 11.8 Å². The van der Waals surface area contributed by atoms with E-state index in [1.54, 1.807) is 11.8 Å². The normalized spacial score (nSPS) is 21.9. The number of thioether (sulfide) groups is 1. The number of aliphatic hydroxyl groups is 1. The largest absolute Gasteiger partial charge is 0.490 e. The second-order valence-electron chi connectivity index (χ2n) is 5.80. The van der Waals surface area contributed by atoms with E-state index in [1.807, 2.05) is 24.3 Å². The van der Waals surface area contributed by atoms with Gasteiger partial charge in [-0.2, -0.15) is 0 Å². The van der Waals surface area contributed by atoms with E-state index >= 15 is 0 Å². The van der Waals surface area contributed by atoms with Crippen LogP contribution in [0.1, 0.15) is 30.1 Å². The first kappa shape index (κ1) is 13.2. The van der Waals surface area contributed by atoms with Crippen molar-refractivity contribution in [2.75, 3.05) is 0 Å². The fraction of sp³-hybridized carbons (Fsp3) is 0.333. The Labute approximate surface area is 129 Å². The molecule has 0 amide bonds. The lowest BCUT2D eigenvalue weighted by Crippen LogP contribution is -2.14. The smallest absolute Gasteiger partial charge is 0.119 e. The minimum Gasteiger partial charge on any atom is -0.490 e. The molecule has 1 aliphatic heterocycles. The molecule has 1 heterocycles. The van der Waals surface area contributed by atoms with E-state index in [2.05, 4.69) is 24.3 Å². The minimum atomic E-state index is -0.433. The van der Waals surface area contributed by atoms with Crippen molar-refractivity contribution in [3.05, 3.63) is 59.7 Å². The van der Waals surface area contributed by atoms with E-state index in [0.29, 0.717) is 6.10 Å². The van der Waals surface area contributed by atoms with Gasteiger partial charge in [-0.3, -0.25) is 0 Å². The monoisotopic (exact) mass is 298 g/mol. The van der Waals surface area contributed by atoms with Crippen molar-refractivity contribution in [3.8, 4) is 5.75 Å². The van der Waals surface area contributed by atoms with E-state index in [9.17, 15) is 5.11 Å². The molecule has 2 aromatic rings. The van der Waals surface area contributed by atoms with Crippen molar-refractivity contribution in [2.24, 2.45) is 0 Å². The molecule has 4 rings (SSSR count). The minimum absolute atomic E-state index is 0.206. The van der Waals surface area contributed by atoms with Crippen molar-refractivity contribution in [1.82, 2.24) is 0 Å². The summed E-state index contributed by atoms with van der Waals surface area (Å²) in [5.41, 5.74) is 2.32. The summed E-state index contributed by atoms with van der Waals surface area (Å²) >= 11 is 1.78. The van der Waals surface area contributed by atoms with E-state index < -0.39 is 6.10 Å². The molecule has 0 bridgehead atoms. The van der Waals surface area contributed by atoms with Gasteiger partial charge in [-0.05, 0) is 48.6 Å². The van der Waals surface area contributed by atoms with Gasteiger partial charge in [-0.15, -0.1) is 11.8 Å². The first-order valence-corrected chi connectivity index (χ1v) is 8.37. The average Bonchev–Trinajstić information content (AvgIpc) is 3.22. The van der Waals surface area contributed by atoms with Crippen molar-refractivity contribution >= 4 is 11.8 Å². The number of rotatable bonds is 4. The highest BCUT2D eigenvalue weighted by Crippen LogP contribution is 2.42. The molecule has 0 saturated heterocycles. The van der Waals surface area contributed by atoms with Crippen LogP contribution in [0.5, 0.6) is 5.75 Å². The van der Waals surface area contributed by atoms with Gasteiger partial charge in [-0.25, -0.2) is 0 Å². The predicted molar refractivity (Wildman–Crippen MR) is 84.8 cm³/mol. The molecule has 1 saturated carbocycles. The number of hydrogen-bond donors (Lipinski definition) is 1. The molecule has 2 nitrogen and oxygen atoms in total. The molecule has 1 fully saturated rings. The van der Waals surface area contributed by atoms with Gasteiger partial charge in [0.2, 0.25) is 0 Å². The van der Waals surface area contributed by atoms with Gasteiger partial charge in [0.05, 0.1) is 12.2 Å². The van der Waals surface area contributed by atoms with Gasteiger partial charge in [0, 0.05) is 10.1 Å². The molecule has 0 spiro atoms. The second kappa shape index (κ2) is 5.39. The highest BCUT2D eigenvalue weighted by Gasteiger charge is 2.29. The molecule has 0 radical (unpaired) electrons. The van der Waals surface area contributed by atoms with Crippen LogP contribution in [0.15, 0.2) is 53.4 Å². The zero-order valence-corrected chi connectivity index (χ0v) is 12.6. The summed E-state index contributed by atoms with van der Waals surface area (Å²) in [6, 6.07) is 16.4. The van der Waals surface area contributed by atoms with E-state index in [-0.39, 0.29) is 5.25 Å². The van der Waals surface area contributed by atoms with Crippen LogP contribution in [-0.2, 0) is 6.42 Å². The van der Waals surface area contributed by atoms with Crippen LogP contribution in [0, 0.1) is 0 Å². The Morgan fingerprint density at radius 3 is 2.52 bits per heavy atom. The quantitative estimate of drug-likeness (QED) is 0.926. The fourth-order valence-electron chi connectivity index (χ4n) is 2.72. The number of benzene rings is 2. The molecule has 1 N–H and O–H groups in total. The Morgan fingerprint density at radius 2 is 1.81 bits per heavy atom. The van der Waals surface area contributed by atoms with Crippen LogP contribution in [0.2, 0.25) is 0 Å².